The normalized spacial score (nSPS) is 14.5. The summed E-state index contributed by atoms with van der Waals surface area (Å²) in [5, 5.41) is -1.18. The van der Waals surface area contributed by atoms with Gasteiger partial charge in [-0.2, -0.15) is 0 Å². The highest BCUT2D eigenvalue weighted by molar-refractivity contribution is 6.68. The van der Waals surface area contributed by atoms with E-state index in [9.17, 15) is 9.59 Å². The smallest absolute Gasteiger partial charge is 0.252 e. The molecule has 0 amide bonds. The van der Waals surface area contributed by atoms with E-state index in [4.69, 9.17) is 46.4 Å². The molecule has 2 aromatic rings. The molecule has 2 aromatic carbocycles. The average molecular weight is 360 g/mol. The van der Waals surface area contributed by atoms with E-state index in [0.29, 0.717) is 22.3 Å². The van der Waals surface area contributed by atoms with Crippen molar-refractivity contribution in [2.24, 2.45) is 0 Å². The SMILES string of the molecule is O=C(Cl)c1ccc2c(c1)C(Cl)(Cl)c1cc(C(=O)Cl)ccc1-2. The van der Waals surface area contributed by atoms with Crippen molar-refractivity contribution in [2.45, 2.75) is 4.33 Å². The lowest BCUT2D eigenvalue weighted by Crippen LogP contribution is -2.09. The van der Waals surface area contributed by atoms with Gasteiger partial charge >= 0.3 is 0 Å². The van der Waals surface area contributed by atoms with Crippen molar-refractivity contribution < 1.29 is 9.59 Å². The number of carbonyl (C=O) groups is 2. The van der Waals surface area contributed by atoms with Crippen LogP contribution in [0.4, 0.5) is 0 Å². The maximum Gasteiger partial charge on any atom is 0.252 e. The number of benzene rings is 2. The summed E-state index contributed by atoms with van der Waals surface area (Å²) in [6, 6.07) is 9.80. The molecule has 0 saturated heterocycles. The minimum Gasteiger partial charge on any atom is -0.276 e. The lowest BCUT2D eigenvalue weighted by Gasteiger charge is -2.16. The molecular formula is C15H6Cl4O2. The Balaban J connectivity index is 2.26. The molecule has 0 atom stereocenters. The fourth-order valence-electron chi connectivity index (χ4n) is 2.47. The number of hydrogen-bond acceptors (Lipinski definition) is 2. The Morgan fingerprint density at radius 2 is 1.14 bits per heavy atom. The molecule has 0 radical (unpaired) electrons. The number of carbonyl (C=O) groups excluding carboxylic acids is 2. The van der Waals surface area contributed by atoms with E-state index in [2.05, 4.69) is 0 Å². The highest BCUT2D eigenvalue weighted by Gasteiger charge is 2.40. The van der Waals surface area contributed by atoms with E-state index in [0.717, 1.165) is 11.1 Å². The zero-order valence-electron chi connectivity index (χ0n) is 10.3. The summed E-state index contributed by atoms with van der Waals surface area (Å²) in [6.07, 6.45) is 0. The predicted octanol–water partition coefficient (Wildman–Crippen LogP) is 5.10. The summed E-state index contributed by atoms with van der Waals surface area (Å²) in [5.41, 5.74) is 3.33. The van der Waals surface area contributed by atoms with Crippen LogP contribution in [0.5, 0.6) is 0 Å². The second kappa shape index (κ2) is 4.99. The van der Waals surface area contributed by atoms with Gasteiger partial charge in [0, 0.05) is 22.3 Å². The Kier molecular flexibility index (Phi) is 3.53. The number of hydrogen-bond donors (Lipinski definition) is 0. The topological polar surface area (TPSA) is 34.1 Å². The quantitative estimate of drug-likeness (QED) is 0.552. The van der Waals surface area contributed by atoms with Gasteiger partial charge in [-0.25, -0.2) is 0 Å². The molecule has 0 bridgehead atoms. The first-order chi connectivity index (χ1) is 9.82. The maximum absolute atomic E-state index is 11.3. The molecule has 0 saturated carbocycles. The maximum atomic E-state index is 11.3. The van der Waals surface area contributed by atoms with Crippen LogP contribution in [0.25, 0.3) is 11.1 Å². The van der Waals surface area contributed by atoms with E-state index < -0.39 is 14.8 Å². The molecule has 0 heterocycles. The fourth-order valence-corrected chi connectivity index (χ4v) is 3.33. The van der Waals surface area contributed by atoms with E-state index in [1.165, 1.54) is 0 Å². The largest absolute Gasteiger partial charge is 0.276 e. The Morgan fingerprint density at radius 1 is 0.762 bits per heavy atom. The van der Waals surface area contributed by atoms with Crippen molar-refractivity contribution in [1.29, 1.82) is 0 Å². The lowest BCUT2D eigenvalue weighted by atomic mass is 10.0. The molecule has 3 rings (SSSR count). The molecule has 0 aromatic heterocycles. The number of fused-ring (bicyclic) bond motifs is 3. The first-order valence-electron chi connectivity index (χ1n) is 5.89. The molecule has 6 heteroatoms. The van der Waals surface area contributed by atoms with Gasteiger partial charge in [-0.15, -0.1) is 0 Å². The van der Waals surface area contributed by atoms with Gasteiger partial charge in [0.15, 0.2) is 4.33 Å². The molecule has 2 nitrogen and oxygen atoms in total. The minimum atomic E-state index is -1.37. The summed E-state index contributed by atoms with van der Waals surface area (Å²) in [6.45, 7) is 0. The third kappa shape index (κ3) is 2.27. The molecule has 1 aliphatic rings. The van der Waals surface area contributed by atoms with Crippen LogP contribution in [0.15, 0.2) is 36.4 Å². The summed E-state index contributed by atoms with van der Waals surface area (Å²) in [5.74, 6) is 0. The molecule has 0 aliphatic heterocycles. The highest BCUT2D eigenvalue weighted by Crippen LogP contribution is 2.54. The van der Waals surface area contributed by atoms with Crippen molar-refractivity contribution in [1.82, 2.24) is 0 Å². The average Bonchev–Trinajstić information content (AvgIpc) is 2.67. The second-order valence-electron chi connectivity index (χ2n) is 4.64. The van der Waals surface area contributed by atoms with Gasteiger partial charge in [0.2, 0.25) is 0 Å². The van der Waals surface area contributed by atoms with Gasteiger partial charge in [0.25, 0.3) is 10.5 Å². The summed E-state index contributed by atoms with van der Waals surface area (Å²) < 4.78 is -1.37. The number of rotatable bonds is 2. The number of halogens is 4. The monoisotopic (exact) mass is 358 g/mol. The van der Waals surface area contributed by atoms with Crippen molar-refractivity contribution in [2.75, 3.05) is 0 Å². The first kappa shape index (κ1) is 14.9. The molecule has 0 spiro atoms. The Bertz CT molecular complexity index is 731. The van der Waals surface area contributed by atoms with Crippen LogP contribution in [0.3, 0.4) is 0 Å². The van der Waals surface area contributed by atoms with Crippen molar-refractivity contribution >= 4 is 56.9 Å². The Labute approximate surface area is 140 Å². The molecule has 0 unspecified atom stereocenters. The highest BCUT2D eigenvalue weighted by atomic mass is 35.5. The fraction of sp³-hybridized carbons (Fsp3) is 0.0667. The Hall–Kier alpha value is -1.06. The zero-order valence-corrected chi connectivity index (χ0v) is 13.3. The van der Waals surface area contributed by atoms with Gasteiger partial charge in [-0.05, 0) is 58.6 Å². The van der Waals surface area contributed by atoms with Crippen LogP contribution in [-0.4, -0.2) is 10.5 Å². The molecule has 21 heavy (non-hydrogen) atoms. The van der Waals surface area contributed by atoms with Gasteiger partial charge in [0.05, 0.1) is 0 Å². The van der Waals surface area contributed by atoms with Crippen LogP contribution in [0.1, 0.15) is 31.8 Å². The van der Waals surface area contributed by atoms with Crippen molar-refractivity contribution in [3.05, 3.63) is 58.7 Å². The first-order valence-corrected chi connectivity index (χ1v) is 7.40. The van der Waals surface area contributed by atoms with E-state index >= 15 is 0 Å². The molecule has 0 fully saturated rings. The van der Waals surface area contributed by atoms with Crippen LogP contribution in [-0.2, 0) is 4.33 Å². The van der Waals surface area contributed by atoms with Gasteiger partial charge in [0.1, 0.15) is 0 Å². The van der Waals surface area contributed by atoms with Crippen molar-refractivity contribution in [3.8, 4) is 11.1 Å². The Morgan fingerprint density at radius 3 is 1.48 bits per heavy atom. The van der Waals surface area contributed by atoms with Crippen LogP contribution in [0.2, 0.25) is 0 Å². The van der Waals surface area contributed by atoms with Crippen LogP contribution < -0.4 is 0 Å². The van der Waals surface area contributed by atoms with Gasteiger partial charge in [-0.3, -0.25) is 9.59 Å². The zero-order chi connectivity index (χ0) is 15.4. The number of alkyl halides is 2. The summed E-state index contributed by atoms with van der Waals surface area (Å²) in [4.78, 5) is 22.6. The molecule has 106 valence electrons. The molecule has 1 aliphatic carbocycles. The standard InChI is InChI=1S/C15H6Cl4O2/c16-13(20)7-1-3-9-10-4-2-8(14(17)21)6-12(10)15(18,19)11(9)5-7/h1-6H. The summed E-state index contributed by atoms with van der Waals surface area (Å²) >= 11 is 23.9. The van der Waals surface area contributed by atoms with E-state index in [-0.39, 0.29) is 0 Å². The van der Waals surface area contributed by atoms with Crippen LogP contribution in [0, 0.1) is 0 Å². The van der Waals surface area contributed by atoms with E-state index in [1.54, 1.807) is 36.4 Å². The lowest BCUT2D eigenvalue weighted by molar-refractivity contribution is 0.107. The predicted molar refractivity (Wildman–Crippen MR) is 84.7 cm³/mol. The minimum absolute atomic E-state index is 0.308. The van der Waals surface area contributed by atoms with Gasteiger partial charge < -0.3 is 0 Å². The second-order valence-corrected chi connectivity index (χ2v) is 6.66. The van der Waals surface area contributed by atoms with Gasteiger partial charge in [-0.1, -0.05) is 35.3 Å². The van der Waals surface area contributed by atoms with E-state index in [1.807, 2.05) is 0 Å². The summed E-state index contributed by atoms with van der Waals surface area (Å²) in [7, 11) is 0. The third-order valence-corrected chi connectivity index (χ3v) is 4.71. The molecule has 0 N–H and O–H groups in total. The van der Waals surface area contributed by atoms with Crippen LogP contribution >= 0.6 is 46.4 Å². The molecular weight excluding hydrogens is 354 g/mol. The third-order valence-electron chi connectivity index (χ3n) is 3.46. The van der Waals surface area contributed by atoms with Crippen molar-refractivity contribution in [3.63, 3.8) is 0 Å².